The fourth-order valence-corrected chi connectivity index (χ4v) is 4.63. The van der Waals surface area contributed by atoms with Gasteiger partial charge in [0.05, 0.1) is 0 Å². The highest BCUT2D eigenvalue weighted by Crippen LogP contribution is 2.18. The van der Waals surface area contributed by atoms with E-state index in [-0.39, 0.29) is 5.97 Å². The van der Waals surface area contributed by atoms with Gasteiger partial charge in [-0.1, -0.05) is 52.4 Å². The maximum Gasteiger partial charge on any atom is 0.333 e. The minimum Gasteiger partial charge on any atom is -0.478 e. The smallest absolute Gasteiger partial charge is 0.333 e. The molecule has 0 rings (SSSR count). The van der Waals surface area contributed by atoms with Crippen LogP contribution in [0.25, 0.3) is 0 Å². The molecule has 24 heavy (non-hydrogen) atoms. The highest BCUT2D eigenvalue weighted by atomic mass is 28.3. The summed E-state index contributed by atoms with van der Waals surface area (Å²) in [6.07, 6.45) is 0. The lowest BCUT2D eigenvalue weighted by atomic mass is 10.2. The zero-order valence-electron chi connectivity index (χ0n) is 17.0. The number of hydrogen-bond acceptors (Lipinski definition) is 3. The summed E-state index contributed by atoms with van der Waals surface area (Å²) in [7, 11) is -2.52. The number of esters is 1. The molecule has 0 fully saturated rings. The topological polar surface area (TPSA) is 63.6 Å². The van der Waals surface area contributed by atoms with Gasteiger partial charge < -0.3 is 9.84 Å². The summed E-state index contributed by atoms with van der Waals surface area (Å²) < 4.78 is 5.23. The Labute approximate surface area is 150 Å². The van der Waals surface area contributed by atoms with Crippen molar-refractivity contribution in [3.63, 3.8) is 0 Å². The van der Waals surface area contributed by atoms with E-state index in [0.717, 1.165) is 6.04 Å². The van der Waals surface area contributed by atoms with Crippen molar-refractivity contribution in [1.82, 2.24) is 0 Å². The molecular formula is C18H36O4Si2. The van der Waals surface area contributed by atoms with Crippen LogP contribution in [0.2, 0.25) is 51.4 Å². The Balaban J connectivity index is 0. The van der Waals surface area contributed by atoms with Gasteiger partial charge in [0.25, 0.3) is 0 Å². The van der Waals surface area contributed by atoms with E-state index in [4.69, 9.17) is 9.84 Å². The van der Waals surface area contributed by atoms with Crippen LogP contribution in [-0.4, -0.2) is 38.8 Å². The second kappa shape index (κ2) is 9.37. The molecule has 0 atom stereocenters. The number of carbonyl (C=O) groups is 2. The highest BCUT2D eigenvalue weighted by molar-refractivity contribution is 6.77. The van der Waals surface area contributed by atoms with E-state index in [0.29, 0.717) is 17.2 Å². The fraction of sp³-hybridized carbons (Fsp3) is 0.667. The van der Waals surface area contributed by atoms with Crippen molar-refractivity contribution in [2.45, 2.75) is 77.7 Å². The zero-order valence-corrected chi connectivity index (χ0v) is 19.0. The number of hydrogen-bond donors (Lipinski definition) is 1. The van der Waals surface area contributed by atoms with Crippen molar-refractivity contribution in [3.8, 4) is 0 Å². The van der Waals surface area contributed by atoms with Gasteiger partial charge in [-0.2, -0.15) is 0 Å². The first-order valence-electron chi connectivity index (χ1n) is 8.16. The summed E-state index contributed by atoms with van der Waals surface area (Å²) in [5.74, 6) is -1.11. The van der Waals surface area contributed by atoms with Crippen molar-refractivity contribution in [1.29, 1.82) is 0 Å². The van der Waals surface area contributed by atoms with Gasteiger partial charge in [-0.25, -0.2) is 9.59 Å². The van der Waals surface area contributed by atoms with E-state index in [1.165, 1.54) is 0 Å². The molecule has 140 valence electrons. The lowest BCUT2D eigenvalue weighted by Gasteiger charge is -2.22. The zero-order chi connectivity index (χ0) is 19.9. The van der Waals surface area contributed by atoms with E-state index < -0.39 is 27.7 Å². The Bertz CT molecular complexity index is 449. The van der Waals surface area contributed by atoms with E-state index in [1.54, 1.807) is 0 Å². The number of aliphatic carboxylic acids is 1. The van der Waals surface area contributed by atoms with Crippen molar-refractivity contribution in [2.75, 3.05) is 0 Å². The predicted octanol–water partition coefficient (Wildman–Crippen LogP) is 5.19. The van der Waals surface area contributed by atoms with Gasteiger partial charge >= 0.3 is 11.9 Å². The van der Waals surface area contributed by atoms with Crippen molar-refractivity contribution in [3.05, 3.63) is 24.3 Å². The Kier molecular flexibility index (Phi) is 9.79. The number of rotatable bonds is 6. The van der Waals surface area contributed by atoms with Crippen LogP contribution in [0.3, 0.4) is 0 Å². The summed E-state index contributed by atoms with van der Waals surface area (Å²) in [4.78, 5) is 21.8. The Morgan fingerprint density at radius 1 is 0.875 bits per heavy atom. The van der Waals surface area contributed by atoms with E-state index in [2.05, 4.69) is 52.4 Å². The molecule has 4 nitrogen and oxygen atoms in total. The van der Waals surface area contributed by atoms with E-state index in [9.17, 15) is 9.59 Å². The number of ether oxygens (including phenoxy) is 1. The number of carboxylic acid groups (broad SMARTS) is 1. The van der Waals surface area contributed by atoms with Crippen molar-refractivity contribution < 1.29 is 19.4 Å². The molecule has 0 aliphatic carbocycles. The fourth-order valence-electron chi connectivity index (χ4n) is 1.78. The second-order valence-electron chi connectivity index (χ2n) is 9.49. The van der Waals surface area contributed by atoms with Crippen LogP contribution in [0.1, 0.15) is 20.8 Å². The van der Waals surface area contributed by atoms with Crippen LogP contribution < -0.4 is 0 Å². The Morgan fingerprint density at radius 2 is 1.21 bits per heavy atom. The summed E-state index contributed by atoms with van der Waals surface area (Å²) >= 11 is 0. The maximum atomic E-state index is 11.5. The molecule has 0 amide bonds. The van der Waals surface area contributed by atoms with Crippen LogP contribution in [-0.2, 0) is 14.3 Å². The van der Waals surface area contributed by atoms with Crippen LogP contribution in [0.15, 0.2) is 24.3 Å². The molecule has 0 heterocycles. The quantitative estimate of drug-likeness (QED) is 0.396. The van der Waals surface area contributed by atoms with Crippen LogP contribution in [0.5, 0.6) is 0 Å². The molecule has 0 saturated heterocycles. The van der Waals surface area contributed by atoms with E-state index in [1.807, 2.05) is 20.8 Å². The molecule has 0 aromatic rings. The lowest BCUT2D eigenvalue weighted by molar-refractivity contribution is -0.149. The molecule has 0 aliphatic rings. The largest absolute Gasteiger partial charge is 0.478 e. The van der Waals surface area contributed by atoms with Gasteiger partial charge in [-0.15, -0.1) is 0 Å². The Morgan fingerprint density at radius 3 is 1.42 bits per heavy atom. The molecule has 1 N–H and O–H groups in total. The molecule has 0 saturated carbocycles. The second-order valence-corrected chi connectivity index (χ2v) is 20.4. The third kappa shape index (κ3) is 17.2. The minimum atomic E-state index is -1.26. The van der Waals surface area contributed by atoms with Crippen molar-refractivity contribution >= 4 is 28.1 Å². The number of carbonyl (C=O) groups excluding carboxylic acids is 1. The Hall–Kier alpha value is -1.15. The standard InChI is InChI=1S/C11H22O2Si.C7H14O2Si/c1-9(8-14(5,6)7)10(12)13-11(2,3)4;1-6(7(8)9)5-10(2,3)4/h1,8H2,2-7H3;1,5H2,2-4H3,(H,8,9). The van der Waals surface area contributed by atoms with E-state index >= 15 is 0 Å². The third-order valence-electron chi connectivity index (χ3n) is 2.48. The first kappa shape index (κ1) is 25.1. The summed E-state index contributed by atoms with van der Waals surface area (Å²) in [6, 6.07) is 1.49. The normalized spacial score (nSPS) is 11.9. The predicted molar refractivity (Wildman–Crippen MR) is 108 cm³/mol. The molecule has 0 spiro atoms. The van der Waals surface area contributed by atoms with Crippen LogP contribution in [0, 0.1) is 0 Å². The van der Waals surface area contributed by atoms with Gasteiger partial charge in [0.1, 0.15) is 5.60 Å². The molecule has 0 unspecified atom stereocenters. The van der Waals surface area contributed by atoms with Gasteiger partial charge in [0.2, 0.25) is 0 Å². The first-order chi connectivity index (χ1) is 10.3. The van der Waals surface area contributed by atoms with Crippen LogP contribution in [0.4, 0.5) is 0 Å². The highest BCUT2D eigenvalue weighted by Gasteiger charge is 2.23. The molecule has 0 aromatic heterocycles. The summed E-state index contributed by atoms with van der Waals surface area (Å²) in [5.41, 5.74) is 0.540. The molecule has 0 bridgehead atoms. The van der Waals surface area contributed by atoms with Gasteiger partial charge in [0.15, 0.2) is 0 Å². The molecular weight excluding hydrogens is 336 g/mol. The van der Waals surface area contributed by atoms with Gasteiger partial charge in [-0.3, -0.25) is 0 Å². The molecule has 0 aromatic carbocycles. The van der Waals surface area contributed by atoms with Crippen molar-refractivity contribution in [2.24, 2.45) is 0 Å². The summed E-state index contributed by atoms with van der Waals surface area (Å²) in [5, 5.41) is 8.47. The first-order valence-corrected chi connectivity index (χ1v) is 15.6. The maximum absolute atomic E-state index is 11.5. The van der Waals surface area contributed by atoms with Crippen LogP contribution >= 0.6 is 0 Å². The summed E-state index contributed by atoms with van der Waals surface area (Å²) in [6.45, 7) is 25.9. The minimum absolute atomic E-state index is 0.250. The molecule has 6 heteroatoms. The average Bonchev–Trinajstić information content (AvgIpc) is 2.22. The van der Waals surface area contributed by atoms with Gasteiger partial charge in [-0.05, 0) is 32.9 Å². The third-order valence-corrected chi connectivity index (χ3v) is 5.45. The SMILES string of the molecule is C=C(C[Si](C)(C)C)C(=O)O.C=C(C[Si](C)(C)C)C(=O)OC(C)(C)C. The number of carboxylic acids is 1. The molecule has 0 aliphatic heterocycles. The molecule has 0 radical (unpaired) electrons. The lowest BCUT2D eigenvalue weighted by Crippen LogP contribution is -2.28. The monoisotopic (exact) mass is 372 g/mol. The average molecular weight is 373 g/mol. The van der Waals surface area contributed by atoms with Gasteiger partial charge in [0, 0.05) is 27.3 Å².